The Morgan fingerprint density at radius 1 is 0.750 bits per heavy atom. The van der Waals surface area contributed by atoms with Crippen LogP contribution in [0, 0.1) is 3.57 Å². The van der Waals surface area contributed by atoms with Gasteiger partial charge in [0.25, 0.3) is 0 Å². The second-order valence-corrected chi connectivity index (χ2v) is 7.28. The number of aliphatic hydroxyl groups excluding tert-OH is 2. The van der Waals surface area contributed by atoms with Gasteiger partial charge < -0.3 is 34.3 Å². The molecule has 0 heterocycles. The molecule has 2 aromatic carbocycles. The maximum atomic E-state index is 10.6. The molecule has 0 aliphatic heterocycles. The smallest absolute Gasteiger partial charge is 0.203 e. The first-order chi connectivity index (χ1) is 13.4. The molecule has 0 spiro atoms. The minimum Gasteiger partial charge on any atom is -0.504 e. The number of aromatic hydroxyl groups is 1. The lowest BCUT2D eigenvalue weighted by atomic mass is 9.98. The number of hydrogen-bond donors (Lipinski definition) is 3. The summed E-state index contributed by atoms with van der Waals surface area (Å²) in [4.78, 5) is 0. The molecule has 0 aliphatic carbocycles. The zero-order valence-electron chi connectivity index (χ0n) is 16.2. The molecule has 0 saturated carbocycles. The van der Waals surface area contributed by atoms with Crippen LogP contribution in [-0.2, 0) is 0 Å². The molecular formula is C20H25IO7. The molecule has 2 aromatic rings. The molecule has 0 radical (unpaired) electrons. The van der Waals surface area contributed by atoms with Crippen molar-refractivity contribution in [3.8, 4) is 28.7 Å². The fourth-order valence-electron chi connectivity index (χ4n) is 2.88. The van der Waals surface area contributed by atoms with Crippen LogP contribution in [0.4, 0.5) is 0 Å². The van der Waals surface area contributed by atoms with E-state index in [-0.39, 0.29) is 5.75 Å². The summed E-state index contributed by atoms with van der Waals surface area (Å²) in [7, 11) is 5.99. The van der Waals surface area contributed by atoms with Crippen molar-refractivity contribution >= 4 is 22.6 Å². The number of phenols is 1. The van der Waals surface area contributed by atoms with Gasteiger partial charge in [0, 0.05) is 0 Å². The van der Waals surface area contributed by atoms with Crippen molar-refractivity contribution < 1.29 is 34.3 Å². The Morgan fingerprint density at radius 2 is 1.18 bits per heavy atom. The van der Waals surface area contributed by atoms with Crippen LogP contribution in [0.15, 0.2) is 24.3 Å². The van der Waals surface area contributed by atoms with Crippen LogP contribution in [0.25, 0.3) is 0 Å². The highest BCUT2D eigenvalue weighted by Gasteiger charge is 2.20. The van der Waals surface area contributed by atoms with Gasteiger partial charge in [-0.15, -0.1) is 0 Å². The third-order valence-electron chi connectivity index (χ3n) is 4.44. The van der Waals surface area contributed by atoms with E-state index in [4.69, 9.17) is 18.9 Å². The van der Waals surface area contributed by atoms with Gasteiger partial charge in [0.15, 0.2) is 23.0 Å². The average molecular weight is 504 g/mol. The van der Waals surface area contributed by atoms with E-state index in [2.05, 4.69) is 0 Å². The highest BCUT2D eigenvalue weighted by atomic mass is 127. The zero-order valence-corrected chi connectivity index (χ0v) is 18.4. The van der Waals surface area contributed by atoms with E-state index >= 15 is 0 Å². The monoisotopic (exact) mass is 504 g/mol. The Balaban J connectivity index is 2.15. The fraction of sp³-hybridized carbons (Fsp3) is 0.400. The normalized spacial score (nSPS) is 13.0. The molecule has 0 fully saturated rings. The van der Waals surface area contributed by atoms with Crippen molar-refractivity contribution in [3.05, 3.63) is 39.0 Å². The predicted molar refractivity (Wildman–Crippen MR) is 113 cm³/mol. The molecule has 2 unspecified atom stereocenters. The van der Waals surface area contributed by atoms with Gasteiger partial charge in [-0.3, -0.25) is 0 Å². The number of halogens is 1. The average Bonchev–Trinajstić information content (AvgIpc) is 2.72. The number of benzene rings is 2. The largest absolute Gasteiger partial charge is 0.504 e. The van der Waals surface area contributed by atoms with E-state index in [0.29, 0.717) is 50.5 Å². The maximum absolute atomic E-state index is 10.6. The topological polar surface area (TPSA) is 97.6 Å². The molecule has 8 heteroatoms. The SMILES string of the molecule is COc1cc(C(O)CCC(O)c2cc(OC)c(OC)c(OC)c2)cc(I)c1O. The van der Waals surface area contributed by atoms with Crippen LogP contribution in [0.5, 0.6) is 28.7 Å². The minimum atomic E-state index is -0.832. The lowest BCUT2D eigenvalue weighted by Crippen LogP contribution is -2.05. The number of hydrogen-bond acceptors (Lipinski definition) is 7. The number of rotatable bonds is 9. The summed E-state index contributed by atoms with van der Waals surface area (Å²) in [6.45, 7) is 0. The van der Waals surface area contributed by atoms with Gasteiger partial charge in [0.05, 0.1) is 44.2 Å². The lowest BCUT2D eigenvalue weighted by Gasteiger charge is -2.19. The maximum Gasteiger partial charge on any atom is 0.203 e. The highest BCUT2D eigenvalue weighted by molar-refractivity contribution is 14.1. The Morgan fingerprint density at radius 3 is 1.61 bits per heavy atom. The van der Waals surface area contributed by atoms with E-state index in [1.165, 1.54) is 28.4 Å². The third kappa shape index (κ3) is 4.92. The van der Waals surface area contributed by atoms with Crippen LogP contribution >= 0.6 is 22.6 Å². The van der Waals surface area contributed by atoms with E-state index < -0.39 is 12.2 Å². The van der Waals surface area contributed by atoms with Crippen molar-refractivity contribution in [1.82, 2.24) is 0 Å². The van der Waals surface area contributed by atoms with Gasteiger partial charge in [-0.25, -0.2) is 0 Å². The van der Waals surface area contributed by atoms with Gasteiger partial charge in [0.2, 0.25) is 5.75 Å². The second-order valence-electron chi connectivity index (χ2n) is 6.12. The zero-order chi connectivity index (χ0) is 20.8. The Bertz CT molecular complexity index is 784. The summed E-state index contributed by atoms with van der Waals surface area (Å²) >= 11 is 1.98. The van der Waals surface area contributed by atoms with Crippen molar-refractivity contribution in [1.29, 1.82) is 0 Å². The molecule has 2 atom stereocenters. The molecule has 3 N–H and O–H groups in total. The molecule has 0 bridgehead atoms. The van der Waals surface area contributed by atoms with Crippen LogP contribution < -0.4 is 18.9 Å². The van der Waals surface area contributed by atoms with Crippen LogP contribution in [0.2, 0.25) is 0 Å². The summed E-state index contributed by atoms with van der Waals surface area (Å²) in [6.07, 6.45) is -1.04. The van der Waals surface area contributed by atoms with Crippen molar-refractivity contribution in [2.24, 2.45) is 0 Å². The van der Waals surface area contributed by atoms with Gasteiger partial charge in [0.1, 0.15) is 0 Å². The number of methoxy groups -OCH3 is 4. The van der Waals surface area contributed by atoms with E-state index in [9.17, 15) is 15.3 Å². The first-order valence-corrected chi connectivity index (χ1v) is 9.66. The highest BCUT2D eigenvalue weighted by Crippen LogP contribution is 2.41. The predicted octanol–water partition coefficient (Wildman–Crippen LogP) is 3.58. The quantitative estimate of drug-likeness (QED) is 0.450. The molecular weight excluding hydrogens is 479 g/mol. The summed E-state index contributed by atoms with van der Waals surface area (Å²) in [5.74, 6) is 1.69. The van der Waals surface area contributed by atoms with Gasteiger partial charge in [-0.05, 0) is 70.8 Å². The number of aliphatic hydroxyl groups is 2. The number of ether oxygens (including phenoxy) is 4. The molecule has 0 aromatic heterocycles. The molecule has 7 nitrogen and oxygen atoms in total. The van der Waals surface area contributed by atoms with Crippen molar-refractivity contribution in [3.63, 3.8) is 0 Å². The first kappa shape index (κ1) is 22.4. The van der Waals surface area contributed by atoms with Crippen molar-refractivity contribution in [2.45, 2.75) is 25.0 Å². The number of phenolic OH excluding ortho intramolecular Hbond substituents is 1. The first-order valence-electron chi connectivity index (χ1n) is 8.58. The van der Waals surface area contributed by atoms with E-state index in [0.717, 1.165) is 0 Å². The van der Waals surface area contributed by atoms with Gasteiger partial charge in [-0.1, -0.05) is 0 Å². The fourth-order valence-corrected chi connectivity index (χ4v) is 3.51. The summed E-state index contributed by atoms with van der Waals surface area (Å²) in [5, 5.41) is 31.0. The minimum absolute atomic E-state index is 0.0384. The van der Waals surface area contributed by atoms with Gasteiger partial charge in [-0.2, -0.15) is 0 Å². The van der Waals surface area contributed by atoms with Gasteiger partial charge >= 0.3 is 0 Å². The molecule has 28 heavy (non-hydrogen) atoms. The Labute approximate surface area is 178 Å². The lowest BCUT2D eigenvalue weighted by molar-refractivity contribution is 0.114. The molecule has 2 rings (SSSR count). The standard InChI is InChI=1S/C20H25IO7/c1-25-16-8-11(7-13(21)19(16)24)14(22)5-6-15(23)12-9-17(26-2)20(28-4)18(10-12)27-3/h7-10,14-15,22-24H,5-6H2,1-4H3. The van der Waals surface area contributed by atoms with E-state index in [1.807, 2.05) is 22.6 Å². The molecule has 154 valence electrons. The summed E-state index contributed by atoms with van der Waals surface area (Å²) in [5.41, 5.74) is 1.20. The Kier molecular flexibility index (Phi) is 8.02. The third-order valence-corrected chi connectivity index (χ3v) is 5.26. The van der Waals surface area contributed by atoms with Crippen LogP contribution in [0.1, 0.15) is 36.2 Å². The summed E-state index contributed by atoms with van der Waals surface area (Å²) < 4.78 is 21.6. The van der Waals surface area contributed by atoms with Crippen molar-refractivity contribution in [2.75, 3.05) is 28.4 Å². The second kappa shape index (κ2) is 10.0. The Hall–Kier alpha value is -1.91. The summed E-state index contributed by atoms with van der Waals surface area (Å²) in [6, 6.07) is 6.65. The molecule has 0 saturated heterocycles. The van der Waals surface area contributed by atoms with E-state index in [1.54, 1.807) is 24.3 Å². The molecule has 0 amide bonds. The van der Waals surface area contributed by atoms with Crippen LogP contribution in [-0.4, -0.2) is 43.8 Å². The molecule has 0 aliphatic rings. The van der Waals surface area contributed by atoms with Crippen LogP contribution in [0.3, 0.4) is 0 Å².